The van der Waals surface area contributed by atoms with E-state index in [2.05, 4.69) is 4.98 Å². The minimum Gasteiger partial charge on any atom is -0.507 e. The second kappa shape index (κ2) is 9.06. The molecule has 1 aliphatic rings. The van der Waals surface area contributed by atoms with Crippen LogP contribution in [0.3, 0.4) is 0 Å². The second-order valence-electron chi connectivity index (χ2n) is 7.35. The molecule has 1 aromatic heterocycles. The van der Waals surface area contributed by atoms with Crippen molar-refractivity contribution in [1.29, 1.82) is 0 Å². The molecule has 2 aromatic carbocycles. The number of ketones is 1. The van der Waals surface area contributed by atoms with E-state index in [4.69, 9.17) is 9.47 Å². The van der Waals surface area contributed by atoms with Crippen molar-refractivity contribution in [3.05, 3.63) is 81.6 Å². The number of benzene rings is 2. The van der Waals surface area contributed by atoms with Gasteiger partial charge in [0.2, 0.25) is 0 Å². The van der Waals surface area contributed by atoms with Gasteiger partial charge in [-0.3, -0.25) is 14.5 Å². The number of ether oxygens (including phenoxy) is 2. The first-order valence-electron chi connectivity index (χ1n) is 10.0. The molecule has 0 saturated carbocycles. The first-order chi connectivity index (χ1) is 16.3. The first kappa shape index (κ1) is 23.1. The van der Waals surface area contributed by atoms with Crippen LogP contribution in [0.2, 0.25) is 0 Å². The molecular weight excluding hydrogens is 463 g/mol. The molecule has 174 valence electrons. The lowest BCUT2D eigenvalue weighted by Gasteiger charge is -2.23. The highest BCUT2D eigenvalue weighted by atomic mass is 32.1. The van der Waals surface area contributed by atoms with Crippen LogP contribution in [0.1, 0.15) is 32.5 Å². The van der Waals surface area contributed by atoms with Crippen LogP contribution in [-0.2, 0) is 14.3 Å². The molecule has 1 N–H and O–H groups in total. The number of rotatable bonds is 5. The van der Waals surface area contributed by atoms with E-state index in [0.717, 1.165) is 28.4 Å². The summed E-state index contributed by atoms with van der Waals surface area (Å²) in [6.07, 6.45) is 0. The number of Topliss-reactive ketones (excluding diaryl/α,β-unsaturated/α-hetero) is 1. The number of hydrogen-bond acceptors (Lipinski definition) is 8. The standard InChI is InChI=1S/C24H19FN2O6S/c1-12-21(23(31)33-3)34-24(26-12)27-18(13-6-10-16(32-2)11-7-13)17(20(29)22(27)30)19(28)14-4-8-15(25)9-5-14/h4-11,18,28H,1-3H3. The molecule has 0 aliphatic carbocycles. The summed E-state index contributed by atoms with van der Waals surface area (Å²) in [6, 6.07) is 10.5. The minimum atomic E-state index is -1.05. The highest BCUT2D eigenvalue weighted by Crippen LogP contribution is 2.44. The van der Waals surface area contributed by atoms with E-state index in [1.54, 1.807) is 31.2 Å². The summed E-state index contributed by atoms with van der Waals surface area (Å²) in [6.45, 7) is 1.59. The molecule has 1 aliphatic heterocycles. The van der Waals surface area contributed by atoms with Gasteiger partial charge in [-0.15, -0.1) is 0 Å². The number of aryl methyl sites for hydroxylation is 1. The molecule has 8 nitrogen and oxygen atoms in total. The monoisotopic (exact) mass is 482 g/mol. The van der Waals surface area contributed by atoms with E-state index in [-0.39, 0.29) is 21.1 Å². The number of methoxy groups -OCH3 is 2. The normalized spacial score (nSPS) is 17.2. The molecule has 1 unspecified atom stereocenters. The van der Waals surface area contributed by atoms with Crippen LogP contribution >= 0.6 is 11.3 Å². The lowest BCUT2D eigenvalue weighted by Crippen LogP contribution is -2.29. The Morgan fingerprint density at radius 3 is 2.32 bits per heavy atom. The lowest BCUT2D eigenvalue weighted by molar-refractivity contribution is -0.132. The number of esters is 1. The van der Waals surface area contributed by atoms with E-state index in [9.17, 15) is 23.9 Å². The van der Waals surface area contributed by atoms with Gasteiger partial charge in [0.15, 0.2) is 5.13 Å². The van der Waals surface area contributed by atoms with Gasteiger partial charge in [-0.25, -0.2) is 14.2 Å². The number of thiazole rings is 1. The fourth-order valence-corrected chi connectivity index (χ4v) is 4.67. The van der Waals surface area contributed by atoms with E-state index >= 15 is 0 Å². The Morgan fingerprint density at radius 2 is 1.74 bits per heavy atom. The molecule has 0 spiro atoms. The maximum atomic E-state index is 13.4. The van der Waals surface area contributed by atoms with Crippen LogP contribution < -0.4 is 9.64 Å². The lowest BCUT2D eigenvalue weighted by atomic mass is 9.95. The number of hydrogen-bond donors (Lipinski definition) is 1. The summed E-state index contributed by atoms with van der Waals surface area (Å²) in [5, 5.41) is 11.1. The van der Waals surface area contributed by atoms with Gasteiger partial charge in [0.05, 0.1) is 31.5 Å². The zero-order valence-electron chi connectivity index (χ0n) is 18.4. The van der Waals surface area contributed by atoms with Gasteiger partial charge in [0.1, 0.15) is 22.2 Å². The number of carbonyl (C=O) groups excluding carboxylic acids is 3. The van der Waals surface area contributed by atoms with Crippen molar-refractivity contribution in [2.75, 3.05) is 19.1 Å². The molecule has 0 bridgehead atoms. The quantitative estimate of drug-likeness (QED) is 0.253. The Morgan fingerprint density at radius 1 is 1.09 bits per heavy atom. The first-order valence-corrected chi connectivity index (χ1v) is 10.8. The summed E-state index contributed by atoms with van der Waals surface area (Å²) < 4.78 is 23.4. The van der Waals surface area contributed by atoms with Crippen LogP contribution in [-0.4, -0.2) is 42.0 Å². The van der Waals surface area contributed by atoms with Crippen molar-refractivity contribution < 1.29 is 33.4 Å². The summed E-state index contributed by atoms with van der Waals surface area (Å²) in [4.78, 5) is 44.1. The van der Waals surface area contributed by atoms with Crippen molar-refractivity contribution >= 4 is 39.9 Å². The Hall–Kier alpha value is -4.05. The largest absolute Gasteiger partial charge is 0.507 e. The number of aliphatic hydroxyl groups is 1. The summed E-state index contributed by atoms with van der Waals surface area (Å²) in [5.74, 6) is -2.90. The minimum absolute atomic E-state index is 0.0963. The zero-order valence-corrected chi connectivity index (χ0v) is 19.2. The van der Waals surface area contributed by atoms with Gasteiger partial charge >= 0.3 is 11.9 Å². The number of halogens is 1. The third kappa shape index (κ3) is 3.92. The van der Waals surface area contributed by atoms with E-state index in [1.165, 1.54) is 26.4 Å². The smallest absolute Gasteiger partial charge is 0.350 e. The van der Waals surface area contributed by atoms with Crippen molar-refractivity contribution in [3.63, 3.8) is 0 Å². The van der Waals surface area contributed by atoms with Crippen molar-refractivity contribution in [3.8, 4) is 5.75 Å². The van der Waals surface area contributed by atoms with Crippen molar-refractivity contribution in [1.82, 2.24) is 4.98 Å². The fraction of sp³-hybridized carbons (Fsp3) is 0.167. The number of carbonyl (C=O) groups is 3. The van der Waals surface area contributed by atoms with E-state index in [0.29, 0.717) is 17.0 Å². The average Bonchev–Trinajstić information content (AvgIpc) is 3.35. The molecule has 10 heteroatoms. The molecule has 1 amide bonds. The Bertz CT molecular complexity index is 1310. The topological polar surface area (TPSA) is 106 Å². The van der Waals surface area contributed by atoms with Crippen molar-refractivity contribution in [2.24, 2.45) is 0 Å². The van der Waals surface area contributed by atoms with Crippen molar-refractivity contribution in [2.45, 2.75) is 13.0 Å². The molecule has 1 saturated heterocycles. The number of nitrogens with zero attached hydrogens (tertiary/aromatic N) is 2. The number of aliphatic hydroxyl groups excluding tert-OH is 1. The molecule has 3 aromatic rings. The van der Waals surface area contributed by atoms with Gasteiger partial charge < -0.3 is 14.6 Å². The molecule has 34 heavy (non-hydrogen) atoms. The molecule has 2 heterocycles. The van der Waals surface area contributed by atoms with Gasteiger partial charge in [-0.05, 0) is 48.9 Å². The maximum Gasteiger partial charge on any atom is 0.350 e. The second-order valence-corrected chi connectivity index (χ2v) is 8.33. The maximum absolute atomic E-state index is 13.4. The van der Waals surface area contributed by atoms with Gasteiger partial charge in [-0.1, -0.05) is 23.5 Å². The SMILES string of the molecule is COC(=O)c1sc(N2C(=O)C(=O)C(=C(O)c3ccc(F)cc3)C2c2ccc(OC)cc2)nc1C. The predicted octanol–water partition coefficient (Wildman–Crippen LogP) is 4.01. The highest BCUT2D eigenvalue weighted by Gasteiger charge is 2.48. The van der Waals surface area contributed by atoms with Gasteiger partial charge in [0.25, 0.3) is 5.78 Å². The van der Waals surface area contributed by atoms with E-state index < -0.39 is 35.3 Å². The number of amides is 1. The molecular formula is C24H19FN2O6S. The Labute approximate surface area is 197 Å². The Balaban J connectivity index is 1.92. The van der Waals surface area contributed by atoms with Gasteiger partial charge in [-0.2, -0.15) is 0 Å². The predicted molar refractivity (Wildman–Crippen MR) is 122 cm³/mol. The van der Waals surface area contributed by atoms with Crippen LogP contribution in [0.25, 0.3) is 5.76 Å². The summed E-state index contributed by atoms with van der Waals surface area (Å²) in [7, 11) is 2.73. The number of anilines is 1. The fourth-order valence-electron chi connectivity index (χ4n) is 3.66. The summed E-state index contributed by atoms with van der Waals surface area (Å²) >= 11 is 0.902. The molecule has 1 fully saturated rings. The molecule has 4 rings (SSSR count). The van der Waals surface area contributed by atoms with Crippen LogP contribution in [0.15, 0.2) is 54.1 Å². The third-order valence-corrected chi connectivity index (χ3v) is 6.49. The van der Waals surface area contributed by atoms with Crippen LogP contribution in [0, 0.1) is 12.7 Å². The zero-order chi connectivity index (χ0) is 24.6. The van der Waals surface area contributed by atoms with Crippen LogP contribution in [0.4, 0.5) is 9.52 Å². The highest BCUT2D eigenvalue weighted by molar-refractivity contribution is 7.17. The van der Waals surface area contributed by atoms with E-state index in [1.807, 2.05) is 0 Å². The Kier molecular flexibility index (Phi) is 6.16. The average molecular weight is 482 g/mol. The number of aromatic nitrogens is 1. The van der Waals surface area contributed by atoms with Gasteiger partial charge in [0, 0.05) is 5.56 Å². The molecule has 1 atom stereocenters. The molecule has 0 radical (unpaired) electrons. The summed E-state index contributed by atoms with van der Waals surface area (Å²) in [5.41, 5.74) is 0.814. The third-order valence-electron chi connectivity index (χ3n) is 5.36. The van der Waals surface area contributed by atoms with Crippen LogP contribution in [0.5, 0.6) is 5.75 Å².